The number of amides is 1. The molecule has 0 saturated carbocycles. The fourth-order valence-corrected chi connectivity index (χ4v) is 3.05. The number of pyridine rings is 1. The third-order valence-corrected chi connectivity index (χ3v) is 4.23. The zero-order valence-electron chi connectivity index (χ0n) is 14.4. The molecule has 0 aliphatic carbocycles. The first-order chi connectivity index (χ1) is 11.5. The van der Waals surface area contributed by atoms with Gasteiger partial charge in [-0.05, 0) is 30.4 Å². The molecule has 1 aromatic heterocycles. The Morgan fingerprint density at radius 2 is 1.88 bits per heavy atom. The number of carbonyl (C=O) groups is 1. The summed E-state index contributed by atoms with van der Waals surface area (Å²) in [4.78, 5) is 27.1. The number of hydrogen-bond acceptors (Lipinski definition) is 3. The van der Waals surface area contributed by atoms with Crippen molar-refractivity contribution >= 4 is 16.8 Å². The maximum atomic E-state index is 12.2. The highest BCUT2D eigenvalue weighted by Gasteiger charge is 2.25. The standard InChI is InChI=1S/C19H26N2O3/c1-3-9-19(24,10-4-2)13-20-17(22)12-15-11-14-7-5-6-8-16(14)21-18(15)23/h5-8,11,24H,3-4,9-10,12-13H2,1-2H3,(H,20,22)(H,21,23). The highest BCUT2D eigenvalue weighted by atomic mass is 16.3. The lowest BCUT2D eigenvalue weighted by Gasteiger charge is -2.27. The van der Waals surface area contributed by atoms with E-state index in [1.807, 2.05) is 38.1 Å². The number of benzene rings is 1. The summed E-state index contributed by atoms with van der Waals surface area (Å²) in [6.07, 6.45) is 3.03. The fourth-order valence-electron chi connectivity index (χ4n) is 3.05. The lowest BCUT2D eigenvalue weighted by atomic mass is 9.92. The number of rotatable bonds is 8. The Labute approximate surface area is 142 Å². The van der Waals surface area contributed by atoms with E-state index >= 15 is 0 Å². The van der Waals surface area contributed by atoms with Gasteiger partial charge in [0.25, 0.3) is 5.56 Å². The first-order valence-electron chi connectivity index (χ1n) is 8.57. The van der Waals surface area contributed by atoms with E-state index in [0.717, 1.165) is 23.7 Å². The van der Waals surface area contributed by atoms with Gasteiger partial charge in [-0.1, -0.05) is 44.9 Å². The third kappa shape index (κ3) is 4.68. The van der Waals surface area contributed by atoms with Crippen molar-refractivity contribution in [3.63, 3.8) is 0 Å². The van der Waals surface area contributed by atoms with E-state index in [4.69, 9.17) is 0 Å². The van der Waals surface area contributed by atoms with E-state index in [9.17, 15) is 14.7 Å². The van der Waals surface area contributed by atoms with Crippen LogP contribution in [0.3, 0.4) is 0 Å². The van der Waals surface area contributed by atoms with E-state index in [1.54, 1.807) is 6.07 Å². The zero-order chi connectivity index (χ0) is 17.6. The molecule has 2 rings (SSSR count). The summed E-state index contributed by atoms with van der Waals surface area (Å²) in [7, 11) is 0. The summed E-state index contributed by atoms with van der Waals surface area (Å²) in [6.45, 7) is 4.24. The van der Waals surface area contributed by atoms with Crippen molar-refractivity contribution in [2.45, 2.75) is 51.6 Å². The van der Waals surface area contributed by atoms with Crippen LogP contribution < -0.4 is 10.9 Å². The van der Waals surface area contributed by atoms with Crippen molar-refractivity contribution in [3.8, 4) is 0 Å². The van der Waals surface area contributed by atoms with E-state index in [1.165, 1.54) is 0 Å². The molecular weight excluding hydrogens is 304 g/mol. The molecule has 1 amide bonds. The van der Waals surface area contributed by atoms with Crippen molar-refractivity contribution in [2.75, 3.05) is 6.54 Å². The van der Waals surface area contributed by atoms with Crippen LogP contribution in [0.25, 0.3) is 10.9 Å². The molecule has 2 aromatic rings. The second-order valence-corrected chi connectivity index (χ2v) is 6.39. The number of aromatic amines is 1. The predicted octanol–water partition coefficient (Wildman–Crippen LogP) is 2.52. The summed E-state index contributed by atoms with van der Waals surface area (Å²) in [5.74, 6) is -0.249. The van der Waals surface area contributed by atoms with Gasteiger partial charge in [0.05, 0.1) is 12.0 Å². The summed E-state index contributed by atoms with van der Waals surface area (Å²) < 4.78 is 0. The van der Waals surface area contributed by atoms with Gasteiger partial charge in [0.15, 0.2) is 0 Å². The van der Waals surface area contributed by atoms with Crippen LogP contribution in [0.5, 0.6) is 0 Å². The van der Waals surface area contributed by atoms with Crippen molar-refractivity contribution in [3.05, 3.63) is 46.2 Å². The molecule has 0 radical (unpaired) electrons. The van der Waals surface area contributed by atoms with Gasteiger partial charge in [-0.25, -0.2) is 0 Å². The number of para-hydroxylation sites is 1. The number of H-pyrrole nitrogens is 1. The highest BCUT2D eigenvalue weighted by molar-refractivity contribution is 5.82. The van der Waals surface area contributed by atoms with Gasteiger partial charge in [0.2, 0.25) is 5.91 Å². The smallest absolute Gasteiger partial charge is 0.252 e. The van der Waals surface area contributed by atoms with Crippen LogP contribution in [0.2, 0.25) is 0 Å². The second-order valence-electron chi connectivity index (χ2n) is 6.39. The van der Waals surface area contributed by atoms with E-state index in [-0.39, 0.29) is 24.4 Å². The van der Waals surface area contributed by atoms with Crippen molar-refractivity contribution < 1.29 is 9.90 Å². The van der Waals surface area contributed by atoms with Crippen LogP contribution in [-0.2, 0) is 11.2 Å². The Balaban J connectivity index is 2.04. The Bertz CT molecular complexity index is 746. The predicted molar refractivity (Wildman–Crippen MR) is 96.0 cm³/mol. The lowest BCUT2D eigenvalue weighted by Crippen LogP contribution is -2.43. The summed E-state index contributed by atoms with van der Waals surface area (Å²) >= 11 is 0. The fraction of sp³-hybridized carbons (Fsp3) is 0.474. The van der Waals surface area contributed by atoms with Crippen LogP contribution in [0, 0.1) is 0 Å². The van der Waals surface area contributed by atoms with Gasteiger partial charge < -0.3 is 15.4 Å². The van der Waals surface area contributed by atoms with Crippen LogP contribution in [0.15, 0.2) is 35.1 Å². The molecule has 5 heteroatoms. The van der Waals surface area contributed by atoms with Crippen molar-refractivity contribution in [1.82, 2.24) is 10.3 Å². The molecule has 0 aliphatic rings. The number of nitrogens with one attached hydrogen (secondary N) is 2. The second kappa shape index (κ2) is 8.11. The molecule has 0 unspecified atom stereocenters. The average Bonchev–Trinajstić information content (AvgIpc) is 2.54. The SMILES string of the molecule is CCCC(O)(CCC)CNC(=O)Cc1cc2ccccc2[nH]c1=O. The maximum absolute atomic E-state index is 12.2. The van der Waals surface area contributed by atoms with E-state index in [0.29, 0.717) is 18.4 Å². The average molecular weight is 330 g/mol. The van der Waals surface area contributed by atoms with Crippen molar-refractivity contribution in [2.24, 2.45) is 0 Å². The molecule has 5 nitrogen and oxygen atoms in total. The molecule has 0 saturated heterocycles. The summed E-state index contributed by atoms with van der Waals surface area (Å²) in [5, 5.41) is 14.2. The molecule has 0 fully saturated rings. The number of aromatic nitrogens is 1. The molecule has 0 spiro atoms. The Morgan fingerprint density at radius 1 is 1.21 bits per heavy atom. The van der Waals surface area contributed by atoms with Crippen LogP contribution in [0.1, 0.15) is 45.1 Å². The van der Waals surface area contributed by atoms with Gasteiger partial charge in [0.1, 0.15) is 0 Å². The largest absolute Gasteiger partial charge is 0.388 e. The topological polar surface area (TPSA) is 82.2 Å². The number of aliphatic hydroxyl groups is 1. The minimum absolute atomic E-state index is 0.00843. The van der Waals surface area contributed by atoms with Crippen LogP contribution in [-0.4, -0.2) is 28.1 Å². The molecule has 1 heterocycles. The Hall–Kier alpha value is -2.14. The van der Waals surface area contributed by atoms with Gasteiger partial charge in [-0.2, -0.15) is 0 Å². The minimum atomic E-state index is -0.866. The molecule has 0 bridgehead atoms. The molecule has 130 valence electrons. The third-order valence-electron chi connectivity index (χ3n) is 4.23. The first kappa shape index (κ1) is 18.2. The normalized spacial score (nSPS) is 11.6. The quantitative estimate of drug-likeness (QED) is 0.695. The molecular formula is C19H26N2O3. The highest BCUT2D eigenvalue weighted by Crippen LogP contribution is 2.18. The molecule has 0 aliphatic heterocycles. The van der Waals surface area contributed by atoms with Crippen molar-refractivity contribution in [1.29, 1.82) is 0 Å². The van der Waals surface area contributed by atoms with Crippen LogP contribution >= 0.6 is 0 Å². The monoisotopic (exact) mass is 330 g/mol. The first-order valence-corrected chi connectivity index (χ1v) is 8.57. The van der Waals surface area contributed by atoms with E-state index < -0.39 is 5.60 Å². The number of carbonyl (C=O) groups excluding carboxylic acids is 1. The maximum Gasteiger partial charge on any atom is 0.252 e. The number of hydrogen-bond donors (Lipinski definition) is 3. The van der Waals surface area contributed by atoms with Gasteiger partial charge >= 0.3 is 0 Å². The minimum Gasteiger partial charge on any atom is -0.388 e. The van der Waals surface area contributed by atoms with Crippen LogP contribution in [0.4, 0.5) is 0 Å². The molecule has 1 aromatic carbocycles. The molecule has 3 N–H and O–H groups in total. The number of fused-ring (bicyclic) bond motifs is 1. The molecule has 0 atom stereocenters. The van der Waals surface area contributed by atoms with Gasteiger partial charge in [-0.15, -0.1) is 0 Å². The Morgan fingerprint density at radius 3 is 2.54 bits per heavy atom. The van der Waals surface area contributed by atoms with Gasteiger partial charge in [0, 0.05) is 17.6 Å². The Kier molecular flexibility index (Phi) is 6.15. The van der Waals surface area contributed by atoms with E-state index in [2.05, 4.69) is 10.3 Å². The molecule has 24 heavy (non-hydrogen) atoms. The zero-order valence-corrected chi connectivity index (χ0v) is 14.4. The summed E-state index contributed by atoms with van der Waals surface area (Å²) in [6, 6.07) is 9.22. The summed E-state index contributed by atoms with van der Waals surface area (Å²) in [5.41, 5.74) is 0.0727. The lowest BCUT2D eigenvalue weighted by molar-refractivity contribution is -0.121. The van der Waals surface area contributed by atoms with Gasteiger partial charge in [-0.3, -0.25) is 9.59 Å².